The lowest BCUT2D eigenvalue weighted by atomic mass is 10.1. The largest absolute Gasteiger partial charge is 0.394 e. The topological polar surface area (TPSA) is 75.8 Å². The third-order valence-corrected chi connectivity index (χ3v) is 3.39. The van der Waals surface area contributed by atoms with Gasteiger partial charge in [-0.15, -0.1) is 0 Å². The second-order valence-corrected chi connectivity index (χ2v) is 5.03. The second-order valence-electron chi connectivity index (χ2n) is 5.03. The molecule has 1 aromatic heterocycles. The molecule has 1 aliphatic heterocycles. The minimum atomic E-state index is -0.294. The van der Waals surface area contributed by atoms with Gasteiger partial charge in [-0.3, -0.25) is 4.79 Å². The average molecular weight is 268 g/mol. The van der Waals surface area contributed by atoms with Gasteiger partial charge in [-0.1, -0.05) is 5.16 Å². The molecule has 0 radical (unpaired) electrons. The molecule has 0 spiro atoms. The summed E-state index contributed by atoms with van der Waals surface area (Å²) >= 11 is 0. The number of ether oxygens (including phenoxy) is 1. The minimum absolute atomic E-state index is 0.0167. The molecule has 0 aromatic carbocycles. The summed E-state index contributed by atoms with van der Waals surface area (Å²) in [5.41, 5.74) is 1.61. The van der Waals surface area contributed by atoms with Crippen LogP contribution >= 0.6 is 0 Å². The molecule has 19 heavy (non-hydrogen) atoms. The highest BCUT2D eigenvalue weighted by atomic mass is 16.5. The summed E-state index contributed by atoms with van der Waals surface area (Å²) in [7, 11) is 0. The number of carbonyl (C=O) groups excluding carboxylic acids is 1. The molecule has 6 heteroatoms. The van der Waals surface area contributed by atoms with Crippen molar-refractivity contribution in [2.24, 2.45) is 0 Å². The van der Waals surface area contributed by atoms with Crippen molar-refractivity contribution in [2.45, 2.75) is 39.4 Å². The molecule has 1 amide bonds. The molecule has 106 valence electrons. The fourth-order valence-corrected chi connectivity index (χ4v) is 2.37. The summed E-state index contributed by atoms with van der Waals surface area (Å²) in [5.74, 6) is 0.703. The number of aliphatic hydroxyl groups excluding tert-OH is 1. The first-order valence-corrected chi connectivity index (χ1v) is 6.47. The fraction of sp³-hybridized carbons (Fsp3) is 0.692. The van der Waals surface area contributed by atoms with Crippen LogP contribution in [0.25, 0.3) is 0 Å². The lowest BCUT2D eigenvalue weighted by Crippen LogP contribution is -2.50. The number of hydrogen-bond acceptors (Lipinski definition) is 5. The van der Waals surface area contributed by atoms with E-state index in [2.05, 4.69) is 5.16 Å². The van der Waals surface area contributed by atoms with Crippen molar-refractivity contribution in [3.05, 3.63) is 17.0 Å². The molecule has 1 fully saturated rings. The van der Waals surface area contributed by atoms with Crippen LogP contribution in [-0.2, 0) is 16.0 Å². The molecule has 1 N–H and O–H groups in total. The zero-order valence-corrected chi connectivity index (χ0v) is 11.5. The van der Waals surface area contributed by atoms with Gasteiger partial charge in [0, 0.05) is 18.7 Å². The number of hydrogen-bond donors (Lipinski definition) is 1. The highest BCUT2D eigenvalue weighted by molar-refractivity contribution is 5.79. The molecule has 0 bridgehead atoms. The number of morpholine rings is 1. The van der Waals surface area contributed by atoms with Gasteiger partial charge < -0.3 is 19.3 Å². The van der Waals surface area contributed by atoms with Gasteiger partial charge >= 0.3 is 0 Å². The maximum absolute atomic E-state index is 12.3. The Kier molecular flexibility index (Phi) is 4.21. The van der Waals surface area contributed by atoms with E-state index in [1.54, 1.807) is 11.8 Å². The Balaban J connectivity index is 2.03. The van der Waals surface area contributed by atoms with E-state index < -0.39 is 0 Å². The number of carbonyl (C=O) groups is 1. The number of rotatable bonds is 3. The van der Waals surface area contributed by atoms with Crippen LogP contribution in [-0.4, -0.2) is 53.0 Å². The van der Waals surface area contributed by atoms with Gasteiger partial charge in [-0.2, -0.15) is 0 Å². The van der Waals surface area contributed by atoms with Gasteiger partial charge in [0.2, 0.25) is 5.91 Å². The molecule has 0 saturated carbocycles. The Morgan fingerprint density at radius 2 is 2.21 bits per heavy atom. The van der Waals surface area contributed by atoms with Gasteiger partial charge in [0.05, 0.1) is 30.9 Å². The van der Waals surface area contributed by atoms with Crippen LogP contribution < -0.4 is 0 Å². The van der Waals surface area contributed by atoms with E-state index in [4.69, 9.17) is 14.4 Å². The van der Waals surface area contributed by atoms with Crippen molar-refractivity contribution in [1.29, 1.82) is 0 Å². The molecular formula is C13H20N2O4. The summed E-state index contributed by atoms with van der Waals surface area (Å²) in [6.45, 7) is 6.46. The van der Waals surface area contributed by atoms with Crippen LogP contribution in [0.3, 0.4) is 0 Å². The van der Waals surface area contributed by atoms with E-state index in [0.29, 0.717) is 18.8 Å². The van der Waals surface area contributed by atoms with E-state index in [9.17, 15) is 4.79 Å². The zero-order chi connectivity index (χ0) is 14.0. The van der Waals surface area contributed by atoms with E-state index in [-0.39, 0.29) is 31.1 Å². The number of aryl methyl sites for hydroxylation is 2. The minimum Gasteiger partial charge on any atom is -0.394 e. The Morgan fingerprint density at radius 1 is 1.47 bits per heavy atom. The Labute approximate surface area is 112 Å². The molecule has 2 rings (SSSR count). The van der Waals surface area contributed by atoms with Crippen LogP contribution in [0.15, 0.2) is 4.52 Å². The monoisotopic (exact) mass is 268 g/mol. The van der Waals surface area contributed by atoms with Crippen LogP contribution in [0.1, 0.15) is 23.9 Å². The lowest BCUT2D eigenvalue weighted by Gasteiger charge is -2.36. The Hall–Kier alpha value is -1.40. The van der Waals surface area contributed by atoms with Gasteiger partial charge in [0.1, 0.15) is 5.76 Å². The summed E-state index contributed by atoms with van der Waals surface area (Å²) < 4.78 is 10.6. The van der Waals surface area contributed by atoms with Crippen LogP contribution in [0.5, 0.6) is 0 Å². The van der Waals surface area contributed by atoms with E-state index in [1.165, 1.54) is 0 Å². The first-order chi connectivity index (χ1) is 9.01. The normalized spacial score (nSPS) is 23.7. The smallest absolute Gasteiger partial charge is 0.227 e. The number of aromatic nitrogens is 1. The first kappa shape index (κ1) is 14.0. The van der Waals surface area contributed by atoms with Crippen LogP contribution in [0.2, 0.25) is 0 Å². The average Bonchev–Trinajstić information content (AvgIpc) is 2.69. The molecule has 1 saturated heterocycles. The standard InChI is InChI=1S/C13H20N2O4/c1-8-5-15(6-11(7-16)18-8)13(17)4-12-9(2)14-19-10(12)3/h8,11,16H,4-7H2,1-3H3. The predicted octanol–water partition coefficient (Wildman–Crippen LogP) is 0.442. The molecule has 2 unspecified atom stereocenters. The molecule has 1 aliphatic rings. The molecular weight excluding hydrogens is 248 g/mol. The van der Waals surface area contributed by atoms with Crippen molar-refractivity contribution < 1.29 is 19.2 Å². The van der Waals surface area contributed by atoms with Crippen molar-refractivity contribution >= 4 is 5.91 Å². The van der Waals surface area contributed by atoms with Crippen molar-refractivity contribution in [3.8, 4) is 0 Å². The molecule has 1 aromatic rings. The maximum Gasteiger partial charge on any atom is 0.227 e. The highest BCUT2D eigenvalue weighted by Crippen LogP contribution is 2.16. The SMILES string of the molecule is Cc1noc(C)c1CC(=O)N1CC(C)OC(CO)C1. The van der Waals surface area contributed by atoms with Crippen LogP contribution in [0.4, 0.5) is 0 Å². The summed E-state index contributed by atoms with van der Waals surface area (Å²) in [6.07, 6.45) is -0.0663. The third-order valence-electron chi connectivity index (χ3n) is 3.39. The quantitative estimate of drug-likeness (QED) is 0.861. The van der Waals surface area contributed by atoms with Crippen LogP contribution in [0, 0.1) is 13.8 Å². The van der Waals surface area contributed by atoms with Crippen molar-refractivity contribution in [1.82, 2.24) is 10.1 Å². The molecule has 2 heterocycles. The predicted molar refractivity (Wildman–Crippen MR) is 67.7 cm³/mol. The van der Waals surface area contributed by atoms with Gasteiger partial charge in [0.25, 0.3) is 0 Å². The van der Waals surface area contributed by atoms with Gasteiger partial charge in [-0.25, -0.2) is 0 Å². The Bertz CT molecular complexity index is 438. The zero-order valence-electron chi connectivity index (χ0n) is 11.5. The number of aliphatic hydroxyl groups is 1. The van der Waals surface area contributed by atoms with Crippen molar-refractivity contribution in [2.75, 3.05) is 19.7 Å². The maximum atomic E-state index is 12.3. The molecule has 0 aliphatic carbocycles. The molecule has 6 nitrogen and oxygen atoms in total. The Morgan fingerprint density at radius 3 is 2.79 bits per heavy atom. The van der Waals surface area contributed by atoms with Crippen molar-refractivity contribution in [3.63, 3.8) is 0 Å². The summed E-state index contributed by atoms with van der Waals surface area (Å²) in [6, 6.07) is 0. The number of nitrogens with zero attached hydrogens (tertiary/aromatic N) is 2. The third kappa shape index (κ3) is 3.13. The fourth-order valence-electron chi connectivity index (χ4n) is 2.37. The lowest BCUT2D eigenvalue weighted by molar-refractivity contribution is -0.146. The van der Waals surface area contributed by atoms with E-state index >= 15 is 0 Å². The second kappa shape index (κ2) is 5.71. The first-order valence-electron chi connectivity index (χ1n) is 6.47. The summed E-state index contributed by atoms with van der Waals surface area (Å²) in [5, 5.41) is 13.0. The number of amides is 1. The molecule has 2 atom stereocenters. The van der Waals surface area contributed by atoms with E-state index in [0.717, 1.165) is 11.3 Å². The van der Waals surface area contributed by atoms with Gasteiger partial charge in [0.15, 0.2) is 0 Å². The van der Waals surface area contributed by atoms with E-state index in [1.807, 2.05) is 13.8 Å². The summed E-state index contributed by atoms with van der Waals surface area (Å²) in [4.78, 5) is 14.0. The van der Waals surface area contributed by atoms with Gasteiger partial charge in [-0.05, 0) is 20.8 Å². The highest BCUT2D eigenvalue weighted by Gasteiger charge is 2.28.